The highest BCUT2D eigenvalue weighted by Crippen LogP contribution is 2.38. The van der Waals surface area contributed by atoms with Gasteiger partial charge in [0.2, 0.25) is 11.8 Å². The van der Waals surface area contributed by atoms with Crippen molar-refractivity contribution in [3.63, 3.8) is 0 Å². The molecule has 172 valence electrons. The predicted molar refractivity (Wildman–Crippen MR) is 134 cm³/mol. The summed E-state index contributed by atoms with van der Waals surface area (Å²) in [7, 11) is 0. The average Bonchev–Trinajstić information content (AvgIpc) is 3.52. The normalized spacial score (nSPS) is 18.9. The van der Waals surface area contributed by atoms with Crippen LogP contribution in [0.1, 0.15) is 32.5 Å². The standard InChI is InChI=1S/C26H29N3O2S2/c1-19-5-2-3-7-21(19)26-22-9-16-33-23(22)8-10-29(26)18-25(31)28-13-11-27(12-14-28)24(30)17-20-6-4-15-32-20/h2-7,9,15-16,26H,8,10-14,17-18H2,1H3/t26-/m0/s1. The van der Waals surface area contributed by atoms with Gasteiger partial charge in [-0.15, -0.1) is 22.7 Å². The number of thiophene rings is 2. The molecule has 0 spiro atoms. The van der Waals surface area contributed by atoms with Crippen LogP contribution in [-0.4, -0.2) is 65.8 Å². The molecule has 5 nitrogen and oxygen atoms in total. The van der Waals surface area contributed by atoms with E-state index in [4.69, 9.17) is 0 Å². The van der Waals surface area contributed by atoms with Gasteiger partial charge in [0.25, 0.3) is 0 Å². The Morgan fingerprint density at radius 2 is 1.61 bits per heavy atom. The van der Waals surface area contributed by atoms with Crippen LogP contribution in [0, 0.1) is 6.92 Å². The molecule has 3 aromatic rings. The minimum atomic E-state index is 0.124. The minimum absolute atomic E-state index is 0.124. The van der Waals surface area contributed by atoms with Gasteiger partial charge in [0.15, 0.2) is 0 Å². The lowest BCUT2D eigenvalue weighted by Crippen LogP contribution is -2.53. The maximum Gasteiger partial charge on any atom is 0.236 e. The first kappa shape index (κ1) is 22.3. The summed E-state index contributed by atoms with van der Waals surface area (Å²) in [5.41, 5.74) is 3.89. The van der Waals surface area contributed by atoms with Gasteiger partial charge in [-0.25, -0.2) is 0 Å². The molecule has 7 heteroatoms. The van der Waals surface area contributed by atoms with Crippen LogP contribution in [0.5, 0.6) is 0 Å². The van der Waals surface area contributed by atoms with E-state index in [1.54, 1.807) is 11.3 Å². The van der Waals surface area contributed by atoms with Gasteiger partial charge < -0.3 is 9.80 Å². The number of rotatable bonds is 5. The van der Waals surface area contributed by atoms with Crippen molar-refractivity contribution in [2.75, 3.05) is 39.3 Å². The first-order chi connectivity index (χ1) is 16.1. The van der Waals surface area contributed by atoms with E-state index in [-0.39, 0.29) is 17.9 Å². The first-order valence-corrected chi connectivity index (χ1v) is 13.3. The lowest BCUT2D eigenvalue weighted by Gasteiger charge is -2.39. The molecule has 5 rings (SSSR count). The maximum atomic E-state index is 13.3. The smallest absolute Gasteiger partial charge is 0.236 e. The fourth-order valence-corrected chi connectivity index (χ4v) is 6.55. The molecule has 1 fully saturated rings. The number of amides is 2. The van der Waals surface area contributed by atoms with Crippen molar-refractivity contribution in [3.8, 4) is 0 Å². The highest BCUT2D eigenvalue weighted by Gasteiger charge is 2.33. The van der Waals surface area contributed by atoms with Crippen LogP contribution in [0.3, 0.4) is 0 Å². The van der Waals surface area contributed by atoms with Crippen molar-refractivity contribution in [2.45, 2.75) is 25.8 Å². The monoisotopic (exact) mass is 479 g/mol. The van der Waals surface area contributed by atoms with Crippen LogP contribution in [0.15, 0.2) is 53.2 Å². The molecule has 1 aromatic carbocycles. The number of nitrogens with zero attached hydrogens (tertiary/aromatic N) is 3. The molecule has 0 N–H and O–H groups in total. The molecule has 2 aromatic heterocycles. The van der Waals surface area contributed by atoms with Crippen molar-refractivity contribution in [2.24, 2.45) is 0 Å². The number of piperazine rings is 1. The van der Waals surface area contributed by atoms with E-state index < -0.39 is 0 Å². The number of benzene rings is 1. The van der Waals surface area contributed by atoms with Crippen LogP contribution in [0.2, 0.25) is 0 Å². The van der Waals surface area contributed by atoms with Crippen molar-refractivity contribution < 1.29 is 9.59 Å². The van der Waals surface area contributed by atoms with Gasteiger partial charge in [0, 0.05) is 42.5 Å². The molecule has 0 radical (unpaired) electrons. The third-order valence-corrected chi connectivity index (χ3v) is 8.65. The zero-order valence-electron chi connectivity index (χ0n) is 18.9. The third kappa shape index (κ3) is 4.76. The quantitative estimate of drug-likeness (QED) is 0.556. The van der Waals surface area contributed by atoms with Crippen molar-refractivity contribution in [3.05, 3.63) is 79.7 Å². The fraction of sp³-hybridized carbons (Fsp3) is 0.385. The lowest BCUT2D eigenvalue weighted by atomic mass is 9.90. The Balaban J connectivity index is 1.24. The van der Waals surface area contributed by atoms with E-state index in [2.05, 4.69) is 47.5 Å². The van der Waals surface area contributed by atoms with E-state index in [0.717, 1.165) is 17.8 Å². The van der Waals surface area contributed by atoms with E-state index in [1.807, 2.05) is 38.6 Å². The van der Waals surface area contributed by atoms with Gasteiger partial charge in [-0.1, -0.05) is 30.3 Å². The number of carbonyl (C=O) groups is 2. The topological polar surface area (TPSA) is 43.9 Å². The molecule has 1 saturated heterocycles. The summed E-state index contributed by atoms with van der Waals surface area (Å²) < 4.78 is 0. The average molecular weight is 480 g/mol. The Bertz CT molecular complexity index is 1120. The zero-order chi connectivity index (χ0) is 22.8. The van der Waals surface area contributed by atoms with Crippen molar-refractivity contribution >= 4 is 34.5 Å². The molecule has 0 aliphatic carbocycles. The Labute approximate surface area is 203 Å². The molecule has 2 amide bonds. The Morgan fingerprint density at radius 3 is 2.33 bits per heavy atom. The zero-order valence-corrected chi connectivity index (χ0v) is 20.5. The summed E-state index contributed by atoms with van der Waals surface area (Å²) >= 11 is 3.44. The number of fused-ring (bicyclic) bond motifs is 1. The van der Waals surface area contributed by atoms with Crippen molar-refractivity contribution in [1.29, 1.82) is 0 Å². The molecular weight excluding hydrogens is 450 g/mol. The molecular formula is C26H29N3O2S2. The van der Waals surface area contributed by atoms with Gasteiger partial charge in [0.05, 0.1) is 19.0 Å². The number of aryl methyl sites for hydroxylation is 1. The van der Waals surface area contributed by atoms with E-state index in [0.29, 0.717) is 39.1 Å². The maximum absolute atomic E-state index is 13.3. The highest BCUT2D eigenvalue weighted by molar-refractivity contribution is 7.10. The van der Waals surface area contributed by atoms with Crippen LogP contribution in [0.4, 0.5) is 0 Å². The van der Waals surface area contributed by atoms with Crippen molar-refractivity contribution in [1.82, 2.24) is 14.7 Å². The van der Waals surface area contributed by atoms with Crippen LogP contribution in [-0.2, 0) is 22.4 Å². The first-order valence-electron chi connectivity index (χ1n) is 11.5. The summed E-state index contributed by atoms with van der Waals surface area (Å²) in [5.74, 6) is 0.322. The van der Waals surface area contributed by atoms with Gasteiger partial charge in [-0.05, 0) is 52.9 Å². The van der Waals surface area contributed by atoms with E-state index in [9.17, 15) is 9.59 Å². The van der Waals surface area contributed by atoms with Crippen LogP contribution < -0.4 is 0 Å². The SMILES string of the molecule is Cc1ccccc1[C@H]1c2ccsc2CCN1CC(=O)N1CCN(C(=O)Cc2cccs2)CC1. The lowest BCUT2D eigenvalue weighted by molar-refractivity contribution is -0.140. The molecule has 0 bridgehead atoms. The second kappa shape index (κ2) is 9.79. The Hall–Kier alpha value is -2.48. The van der Waals surface area contributed by atoms with Gasteiger partial charge in [-0.3, -0.25) is 14.5 Å². The molecule has 1 atom stereocenters. The summed E-state index contributed by atoms with van der Waals surface area (Å²) in [5, 5.41) is 4.18. The molecule has 2 aliphatic rings. The van der Waals surface area contributed by atoms with E-state index in [1.165, 1.54) is 21.6 Å². The fourth-order valence-electron chi connectivity index (χ4n) is 4.95. The predicted octanol–water partition coefficient (Wildman–Crippen LogP) is 3.98. The number of hydrogen-bond acceptors (Lipinski definition) is 5. The largest absolute Gasteiger partial charge is 0.339 e. The minimum Gasteiger partial charge on any atom is -0.339 e. The van der Waals surface area contributed by atoms with Gasteiger partial charge >= 0.3 is 0 Å². The molecule has 2 aliphatic heterocycles. The van der Waals surface area contributed by atoms with Crippen LogP contribution in [0.25, 0.3) is 0 Å². The molecule has 0 unspecified atom stereocenters. The van der Waals surface area contributed by atoms with Crippen LogP contribution >= 0.6 is 22.7 Å². The summed E-state index contributed by atoms with van der Waals surface area (Å²) in [6, 6.07) is 14.9. The summed E-state index contributed by atoms with van der Waals surface area (Å²) in [4.78, 5) is 34.6. The summed E-state index contributed by atoms with van der Waals surface area (Å²) in [6.07, 6.45) is 1.45. The van der Waals surface area contributed by atoms with E-state index >= 15 is 0 Å². The molecule has 33 heavy (non-hydrogen) atoms. The Kier molecular flexibility index (Phi) is 6.62. The third-order valence-electron chi connectivity index (χ3n) is 6.78. The number of carbonyl (C=O) groups excluding carboxylic acids is 2. The van der Waals surface area contributed by atoms with Gasteiger partial charge in [0.1, 0.15) is 0 Å². The summed E-state index contributed by atoms with van der Waals surface area (Å²) in [6.45, 7) is 5.91. The number of hydrogen-bond donors (Lipinski definition) is 0. The second-order valence-electron chi connectivity index (χ2n) is 8.80. The molecule has 0 saturated carbocycles. The molecule has 4 heterocycles. The highest BCUT2D eigenvalue weighted by atomic mass is 32.1. The Morgan fingerprint density at radius 1 is 0.848 bits per heavy atom. The second-order valence-corrected chi connectivity index (χ2v) is 10.8. The van der Waals surface area contributed by atoms with Gasteiger partial charge in [-0.2, -0.15) is 0 Å².